The molecule has 0 saturated heterocycles. The van der Waals surface area contributed by atoms with Gasteiger partial charge in [0, 0.05) is 17.5 Å². The van der Waals surface area contributed by atoms with Gasteiger partial charge in [0.1, 0.15) is 11.6 Å². The number of hydrogen-bond donors (Lipinski definition) is 1. The van der Waals surface area contributed by atoms with Crippen LogP contribution >= 0.6 is 0 Å². The van der Waals surface area contributed by atoms with Crippen molar-refractivity contribution in [2.75, 3.05) is 6.61 Å². The summed E-state index contributed by atoms with van der Waals surface area (Å²) in [5, 5.41) is 1.28. The minimum absolute atomic E-state index is 0.559. The molecule has 7 rings (SSSR count). The van der Waals surface area contributed by atoms with Crippen molar-refractivity contribution in [3.63, 3.8) is 0 Å². The molecule has 2 aromatic heterocycles. The molecule has 1 aliphatic carbocycles. The highest BCUT2D eigenvalue weighted by Gasteiger charge is 2.24. The standard InChI is InChI=1S/C34H35N3O/c1-22-18-28-20-25(26-10-12-31-32(21-26)37-34(36-31)23-6-2-3-7-23)11-13-33(28)38-17-15-24(22)19-27-14-16-35-30-9-5-4-8-29(27)30/h4-5,8-14,16,20-24H,2-3,6-7,15,17-19H2,1H3,(H,36,37). The predicted octanol–water partition coefficient (Wildman–Crippen LogP) is 8.26. The Morgan fingerprint density at radius 1 is 0.895 bits per heavy atom. The van der Waals surface area contributed by atoms with E-state index in [1.165, 1.54) is 59.1 Å². The first-order chi connectivity index (χ1) is 18.7. The van der Waals surface area contributed by atoms with E-state index in [1.54, 1.807) is 0 Å². The fourth-order valence-corrected chi connectivity index (χ4v) is 6.70. The van der Waals surface area contributed by atoms with E-state index >= 15 is 0 Å². The van der Waals surface area contributed by atoms with Crippen LogP contribution in [0.15, 0.2) is 72.9 Å². The molecular formula is C34H35N3O. The third kappa shape index (κ3) is 4.47. The molecule has 1 N–H and O–H groups in total. The van der Waals surface area contributed by atoms with Gasteiger partial charge in [-0.1, -0.05) is 50.1 Å². The Morgan fingerprint density at radius 3 is 2.66 bits per heavy atom. The van der Waals surface area contributed by atoms with Crippen molar-refractivity contribution in [3.05, 3.63) is 89.9 Å². The number of H-pyrrole nitrogens is 1. The molecule has 1 saturated carbocycles. The highest BCUT2D eigenvalue weighted by molar-refractivity contribution is 5.83. The maximum Gasteiger partial charge on any atom is 0.122 e. The molecule has 3 heterocycles. The van der Waals surface area contributed by atoms with E-state index in [0.29, 0.717) is 17.8 Å². The quantitative estimate of drug-likeness (QED) is 0.270. The van der Waals surface area contributed by atoms with Gasteiger partial charge in [0.25, 0.3) is 0 Å². The lowest BCUT2D eigenvalue weighted by Gasteiger charge is -2.28. The third-order valence-electron chi connectivity index (χ3n) is 8.95. The van der Waals surface area contributed by atoms with Gasteiger partial charge in [-0.25, -0.2) is 4.98 Å². The highest BCUT2D eigenvalue weighted by Crippen LogP contribution is 2.37. The molecule has 38 heavy (non-hydrogen) atoms. The van der Waals surface area contributed by atoms with E-state index in [2.05, 4.69) is 83.6 Å². The molecule has 1 fully saturated rings. The second kappa shape index (κ2) is 9.90. The van der Waals surface area contributed by atoms with Crippen LogP contribution < -0.4 is 4.74 Å². The Kier molecular flexibility index (Phi) is 6.11. The molecule has 0 bridgehead atoms. The fraction of sp³-hybridized carbons (Fsp3) is 0.353. The number of pyridine rings is 1. The van der Waals surface area contributed by atoms with Crippen LogP contribution in [0.2, 0.25) is 0 Å². The lowest BCUT2D eigenvalue weighted by atomic mass is 9.80. The van der Waals surface area contributed by atoms with Gasteiger partial charge in [0.15, 0.2) is 0 Å². The van der Waals surface area contributed by atoms with Crippen molar-refractivity contribution in [2.45, 2.75) is 57.8 Å². The Bertz CT molecular complexity index is 1590. The van der Waals surface area contributed by atoms with Crippen LogP contribution in [0.25, 0.3) is 33.1 Å². The van der Waals surface area contributed by atoms with Gasteiger partial charge in [-0.15, -0.1) is 0 Å². The Morgan fingerprint density at radius 2 is 1.74 bits per heavy atom. The first kappa shape index (κ1) is 23.5. The maximum atomic E-state index is 6.33. The second-order valence-electron chi connectivity index (χ2n) is 11.4. The third-order valence-corrected chi connectivity index (χ3v) is 8.95. The number of hydrogen-bond acceptors (Lipinski definition) is 3. The number of benzene rings is 3. The van der Waals surface area contributed by atoms with Crippen LogP contribution in [0, 0.1) is 11.8 Å². The van der Waals surface area contributed by atoms with Crippen LogP contribution in [0.3, 0.4) is 0 Å². The smallest absolute Gasteiger partial charge is 0.122 e. The van der Waals surface area contributed by atoms with Crippen LogP contribution in [-0.2, 0) is 12.8 Å². The number of fused-ring (bicyclic) bond motifs is 3. The summed E-state index contributed by atoms with van der Waals surface area (Å²) in [7, 11) is 0. The largest absolute Gasteiger partial charge is 0.493 e. The number of para-hydroxylation sites is 1. The van der Waals surface area contributed by atoms with E-state index in [9.17, 15) is 0 Å². The fourth-order valence-electron chi connectivity index (χ4n) is 6.70. The van der Waals surface area contributed by atoms with Gasteiger partial charge in [-0.05, 0) is 103 Å². The molecule has 3 aromatic carbocycles. The SMILES string of the molecule is CC1Cc2cc(-c3ccc4nc(C5CCCC5)[nH]c4c3)ccc2OCCC1Cc1ccnc2ccccc12. The molecule has 2 atom stereocenters. The molecule has 1 aliphatic heterocycles. The molecule has 0 amide bonds. The van der Waals surface area contributed by atoms with Crippen molar-refractivity contribution >= 4 is 21.9 Å². The van der Waals surface area contributed by atoms with Crippen molar-refractivity contribution in [3.8, 4) is 16.9 Å². The minimum atomic E-state index is 0.559. The van der Waals surface area contributed by atoms with Gasteiger partial charge in [-0.3, -0.25) is 4.98 Å². The summed E-state index contributed by atoms with van der Waals surface area (Å²) >= 11 is 0. The maximum absolute atomic E-state index is 6.33. The normalized spacial score (nSPS) is 20.2. The van der Waals surface area contributed by atoms with E-state index in [4.69, 9.17) is 9.72 Å². The summed E-state index contributed by atoms with van der Waals surface area (Å²) in [5.74, 6) is 3.93. The summed E-state index contributed by atoms with van der Waals surface area (Å²) < 4.78 is 6.33. The predicted molar refractivity (Wildman–Crippen MR) is 155 cm³/mol. The summed E-state index contributed by atoms with van der Waals surface area (Å²) in [6.07, 6.45) is 10.3. The average molecular weight is 502 g/mol. The number of aromatic nitrogens is 3. The van der Waals surface area contributed by atoms with Crippen LogP contribution in [0.1, 0.15) is 61.9 Å². The molecule has 4 nitrogen and oxygen atoms in total. The zero-order chi connectivity index (χ0) is 25.5. The van der Waals surface area contributed by atoms with E-state index in [-0.39, 0.29) is 0 Å². The number of nitrogens with one attached hydrogen (secondary N) is 1. The summed E-state index contributed by atoms with van der Waals surface area (Å²) in [5.41, 5.74) is 8.49. The highest BCUT2D eigenvalue weighted by atomic mass is 16.5. The van der Waals surface area contributed by atoms with Crippen molar-refractivity contribution in [1.82, 2.24) is 15.0 Å². The topological polar surface area (TPSA) is 50.8 Å². The molecule has 0 spiro atoms. The molecule has 0 radical (unpaired) electrons. The van der Waals surface area contributed by atoms with Gasteiger partial charge in [-0.2, -0.15) is 0 Å². The zero-order valence-corrected chi connectivity index (χ0v) is 22.1. The zero-order valence-electron chi connectivity index (χ0n) is 22.1. The summed E-state index contributed by atoms with van der Waals surface area (Å²) in [4.78, 5) is 13.1. The number of ether oxygens (including phenoxy) is 1. The Hall–Kier alpha value is -3.66. The summed E-state index contributed by atoms with van der Waals surface area (Å²) in [6.45, 7) is 3.17. The van der Waals surface area contributed by atoms with Crippen molar-refractivity contribution in [1.29, 1.82) is 0 Å². The van der Waals surface area contributed by atoms with Crippen molar-refractivity contribution in [2.24, 2.45) is 11.8 Å². The molecular weight excluding hydrogens is 466 g/mol. The number of aromatic amines is 1. The first-order valence-corrected chi connectivity index (χ1v) is 14.3. The first-order valence-electron chi connectivity index (χ1n) is 14.3. The molecule has 192 valence electrons. The molecule has 5 aromatic rings. The van der Waals surface area contributed by atoms with Gasteiger partial charge < -0.3 is 9.72 Å². The van der Waals surface area contributed by atoms with Crippen LogP contribution in [0.5, 0.6) is 5.75 Å². The number of imidazole rings is 1. The van der Waals surface area contributed by atoms with E-state index < -0.39 is 0 Å². The second-order valence-corrected chi connectivity index (χ2v) is 11.4. The van der Waals surface area contributed by atoms with Gasteiger partial charge in [0.2, 0.25) is 0 Å². The van der Waals surface area contributed by atoms with Crippen LogP contribution in [-0.4, -0.2) is 21.6 Å². The average Bonchev–Trinajstić information content (AvgIpc) is 3.62. The van der Waals surface area contributed by atoms with Crippen molar-refractivity contribution < 1.29 is 4.74 Å². The lowest BCUT2D eigenvalue weighted by Crippen LogP contribution is -2.22. The minimum Gasteiger partial charge on any atom is -0.493 e. The van der Waals surface area contributed by atoms with E-state index in [1.807, 2.05) is 6.20 Å². The molecule has 4 heteroatoms. The monoisotopic (exact) mass is 501 g/mol. The Labute approximate surface area is 224 Å². The molecule has 2 unspecified atom stereocenters. The number of nitrogens with zero attached hydrogens (tertiary/aromatic N) is 2. The Balaban J connectivity index is 1.14. The van der Waals surface area contributed by atoms with Gasteiger partial charge >= 0.3 is 0 Å². The van der Waals surface area contributed by atoms with Gasteiger partial charge in [0.05, 0.1) is 23.2 Å². The van der Waals surface area contributed by atoms with Crippen LogP contribution in [0.4, 0.5) is 0 Å². The molecule has 2 aliphatic rings. The number of rotatable bonds is 4. The summed E-state index contributed by atoms with van der Waals surface area (Å²) in [6, 6.07) is 24.1. The van der Waals surface area contributed by atoms with E-state index in [0.717, 1.165) is 48.2 Å². The lowest BCUT2D eigenvalue weighted by molar-refractivity contribution is 0.222.